The Labute approximate surface area is 141 Å². The zero-order chi connectivity index (χ0) is 14.2. The van der Waals surface area contributed by atoms with Gasteiger partial charge in [-0.2, -0.15) is 0 Å². The molecule has 0 aromatic rings. The van der Waals surface area contributed by atoms with Crippen molar-refractivity contribution in [3.8, 4) is 0 Å². The van der Waals surface area contributed by atoms with Gasteiger partial charge in [0.1, 0.15) is 0 Å². The number of carbonyl (C=O) groups is 2. The summed E-state index contributed by atoms with van der Waals surface area (Å²) >= 11 is 0. The third-order valence-electron chi connectivity index (χ3n) is 2.77. The molecule has 0 saturated heterocycles. The van der Waals surface area contributed by atoms with Crippen molar-refractivity contribution >= 4 is 35.5 Å². The Balaban J connectivity index is 0.00000220. The molecule has 2 N–H and O–H groups in total. The molecular weight excluding hydrogens is 371 g/mol. The van der Waals surface area contributed by atoms with E-state index in [-0.39, 0.29) is 35.5 Å². The molecule has 0 spiro atoms. The van der Waals surface area contributed by atoms with Gasteiger partial charge in [-0.05, 0) is 24.3 Å². The summed E-state index contributed by atoms with van der Waals surface area (Å²) in [5.41, 5.74) is 1.28. The Bertz CT molecular complexity index is 529. The van der Waals surface area contributed by atoms with E-state index in [0.717, 1.165) is 0 Å². The minimum atomic E-state index is -0.000182. The van der Waals surface area contributed by atoms with E-state index in [4.69, 9.17) is 0 Å². The molecule has 21 heavy (non-hydrogen) atoms. The third-order valence-corrected chi connectivity index (χ3v) is 2.77. The fraction of sp³-hybridized carbons (Fsp3) is 0.125. The van der Waals surface area contributed by atoms with E-state index in [0.29, 0.717) is 24.2 Å². The van der Waals surface area contributed by atoms with Crippen LogP contribution in [0.3, 0.4) is 0 Å². The number of rotatable bonds is 5. The van der Waals surface area contributed by atoms with Crippen molar-refractivity contribution in [2.75, 3.05) is 13.1 Å². The van der Waals surface area contributed by atoms with Gasteiger partial charge >= 0.3 is 0 Å². The van der Waals surface area contributed by atoms with Crippen LogP contribution in [0.2, 0.25) is 0 Å². The van der Waals surface area contributed by atoms with Gasteiger partial charge in [-0.25, -0.2) is 0 Å². The molecule has 0 amide bonds. The number of ketones is 2. The average Bonchev–Trinajstić information content (AvgIpc) is 2.46. The molecule has 0 bridgehead atoms. The summed E-state index contributed by atoms with van der Waals surface area (Å²) in [6, 6.07) is 0. The van der Waals surface area contributed by atoms with Crippen LogP contribution in [0.5, 0.6) is 0 Å². The summed E-state index contributed by atoms with van der Waals surface area (Å²) < 4.78 is 0. The zero-order valence-electron chi connectivity index (χ0n) is 11.5. The van der Waals surface area contributed by atoms with Gasteiger partial charge in [0, 0.05) is 60.5 Å². The standard InChI is InChI=1S/C16H16N2O2.Sn/c19-15-7-3-1-5-13(15)11-17-9-10-18-12-14-6-2-4-8-16(14)20;/h1-8,11-12,17-18H,9-10H2;. The topological polar surface area (TPSA) is 58.2 Å². The molecule has 4 radical (unpaired) electrons. The smallest absolute Gasteiger partial charge is 0.187 e. The fourth-order valence-corrected chi connectivity index (χ4v) is 1.71. The van der Waals surface area contributed by atoms with Crippen LogP contribution < -0.4 is 10.6 Å². The summed E-state index contributed by atoms with van der Waals surface area (Å²) in [6.07, 6.45) is 17.1. The zero-order valence-corrected chi connectivity index (χ0v) is 14.4. The maximum atomic E-state index is 11.4. The van der Waals surface area contributed by atoms with Crippen molar-refractivity contribution in [3.63, 3.8) is 0 Å². The summed E-state index contributed by atoms with van der Waals surface area (Å²) in [6.45, 7) is 1.32. The Morgan fingerprint density at radius 1 is 0.714 bits per heavy atom. The first-order valence-corrected chi connectivity index (χ1v) is 6.42. The molecule has 0 aromatic carbocycles. The molecular formula is C16H16N2O2Sn. The van der Waals surface area contributed by atoms with Gasteiger partial charge < -0.3 is 10.6 Å². The monoisotopic (exact) mass is 388 g/mol. The fourth-order valence-electron chi connectivity index (χ4n) is 1.71. The first kappa shape index (κ1) is 17.2. The van der Waals surface area contributed by atoms with E-state index in [1.54, 1.807) is 36.7 Å². The molecule has 5 heteroatoms. The van der Waals surface area contributed by atoms with Crippen LogP contribution in [0.15, 0.2) is 72.2 Å². The van der Waals surface area contributed by atoms with Gasteiger partial charge in [-0.1, -0.05) is 24.3 Å². The summed E-state index contributed by atoms with van der Waals surface area (Å²) in [4.78, 5) is 22.9. The van der Waals surface area contributed by atoms with Gasteiger partial charge in [0.25, 0.3) is 0 Å². The van der Waals surface area contributed by atoms with Crippen LogP contribution in [-0.2, 0) is 9.59 Å². The normalized spacial score (nSPS) is 20.0. The number of allylic oxidation sites excluding steroid dienone is 10. The summed E-state index contributed by atoms with van der Waals surface area (Å²) in [7, 11) is 0. The first-order chi connectivity index (χ1) is 9.77. The average molecular weight is 387 g/mol. The first-order valence-electron chi connectivity index (χ1n) is 6.42. The predicted molar refractivity (Wildman–Crippen MR) is 84.5 cm³/mol. The molecule has 0 fully saturated rings. The molecule has 0 atom stereocenters. The van der Waals surface area contributed by atoms with E-state index in [1.165, 1.54) is 12.2 Å². The van der Waals surface area contributed by atoms with Gasteiger partial charge in [0.05, 0.1) is 0 Å². The van der Waals surface area contributed by atoms with Crippen molar-refractivity contribution < 1.29 is 9.59 Å². The van der Waals surface area contributed by atoms with Crippen LogP contribution in [-0.4, -0.2) is 48.6 Å². The van der Waals surface area contributed by atoms with E-state index >= 15 is 0 Å². The van der Waals surface area contributed by atoms with E-state index < -0.39 is 0 Å². The number of carbonyl (C=O) groups excluding carboxylic acids is 2. The Hall–Kier alpha value is -1.82. The molecule has 0 aliphatic heterocycles. The molecule has 0 heterocycles. The van der Waals surface area contributed by atoms with E-state index in [1.807, 2.05) is 12.2 Å². The maximum absolute atomic E-state index is 11.4. The summed E-state index contributed by atoms with van der Waals surface area (Å²) in [5.74, 6) is -0.000363. The van der Waals surface area contributed by atoms with Crippen molar-refractivity contribution in [1.82, 2.24) is 10.6 Å². The van der Waals surface area contributed by atoms with Crippen molar-refractivity contribution in [1.29, 1.82) is 0 Å². The molecule has 2 aliphatic rings. The molecule has 0 saturated carbocycles. The third kappa shape index (κ3) is 5.59. The second kappa shape index (κ2) is 9.18. The van der Waals surface area contributed by atoms with Crippen molar-refractivity contribution in [2.45, 2.75) is 0 Å². The van der Waals surface area contributed by atoms with E-state index in [9.17, 15) is 9.59 Å². The molecule has 106 valence electrons. The maximum Gasteiger partial charge on any atom is 0.187 e. The second-order valence-electron chi connectivity index (χ2n) is 4.27. The largest absolute Gasteiger partial charge is 0.389 e. The van der Waals surface area contributed by atoms with Gasteiger partial charge in [-0.15, -0.1) is 0 Å². The predicted octanol–water partition coefficient (Wildman–Crippen LogP) is 0.943. The van der Waals surface area contributed by atoms with Crippen LogP contribution in [0.25, 0.3) is 0 Å². The quantitative estimate of drug-likeness (QED) is 0.419. The van der Waals surface area contributed by atoms with Gasteiger partial charge in [0.2, 0.25) is 0 Å². The van der Waals surface area contributed by atoms with Crippen LogP contribution in [0.1, 0.15) is 0 Å². The molecule has 0 aromatic heterocycles. The van der Waals surface area contributed by atoms with Crippen molar-refractivity contribution in [2.24, 2.45) is 0 Å². The molecule has 4 nitrogen and oxygen atoms in total. The second-order valence-corrected chi connectivity index (χ2v) is 4.27. The number of hydrogen-bond donors (Lipinski definition) is 2. The number of nitrogens with one attached hydrogen (secondary N) is 2. The minimum absolute atomic E-state index is 0. The SMILES string of the molecule is O=C1C=CC=CC1=CNCCNC=C1C=CC=CC1=O.[Sn]. The molecule has 2 rings (SSSR count). The van der Waals surface area contributed by atoms with Gasteiger partial charge in [-0.3, -0.25) is 9.59 Å². The van der Waals surface area contributed by atoms with Crippen LogP contribution in [0, 0.1) is 0 Å². The Morgan fingerprint density at radius 3 is 1.48 bits per heavy atom. The van der Waals surface area contributed by atoms with Gasteiger partial charge in [0.15, 0.2) is 11.6 Å². The van der Waals surface area contributed by atoms with Crippen LogP contribution >= 0.6 is 0 Å². The van der Waals surface area contributed by atoms with Crippen LogP contribution in [0.4, 0.5) is 0 Å². The van der Waals surface area contributed by atoms with Crippen molar-refractivity contribution in [3.05, 3.63) is 72.2 Å². The minimum Gasteiger partial charge on any atom is -0.389 e. The number of hydrogen-bond acceptors (Lipinski definition) is 4. The molecule has 2 aliphatic carbocycles. The summed E-state index contributed by atoms with van der Waals surface area (Å²) in [5, 5.41) is 6.12. The Morgan fingerprint density at radius 2 is 1.10 bits per heavy atom. The molecule has 0 unspecified atom stereocenters. The van der Waals surface area contributed by atoms with E-state index in [2.05, 4.69) is 10.6 Å². The Kier molecular flexibility index (Phi) is 7.53.